The van der Waals surface area contributed by atoms with Crippen LogP contribution in [0.5, 0.6) is 0 Å². The fourth-order valence-electron chi connectivity index (χ4n) is 4.27. The molecule has 0 atom stereocenters. The average molecular weight is 482 g/mol. The highest BCUT2D eigenvalue weighted by molar-refractivity contribution is 6.00. The van der Waals surface area contributed by atoms with Crippen LogP contribution < -0.4 is 10.6 Å². The third-order valence-corrected chi connectivity index (χ3v) is 6.13. The summed E-state index contributed by atoms with van der Waals surface area (Å²) < 4.78 is 21.2. The molecule has 0 unspecified atom stereocenters. The lowest BCUT2D eigenvalue weighted by Gasteiger charge is -2.26. The van der Waals surface area contributed by atoms with Crippen molar-refractivity contribution in [3.63, 3.8) is 0 Å². The van der Waals surface area contributed by atoms with Crippen LogP contribution in [0.25, 0.3) is 12.2 Å². The predicted octanol–water partition coefficient (Wildman–Crippen LogP) is 2.89. The molecule has 35 heavy (non-hydrogen) atoms. The van der Waals surface area contributed by atoms with Crippen LogP contribution in [0.1, 0.15) is 49.1 Å². The van der Waals surface area contributed by atoms with Crippen molar-refractivity contribution in [1.29, 1.82) is 0 Å². The van der Waals surface area contributed by atoms with Crippen molar-refractivity contribution in [2.45, 2.75) is 38.6 Å². The number of imidazole rings is 1. The molecule has 1 saturated heterocycles. The minimum absolute atomic E-state index is 0.0226. The van der Waals surface area contributed by atoms with Crippen LogP contribution in [0.15, 0.2) is 42.0 Å². The largest absolute Gasteiger partial charge is 0.379 e. The quantitative estimate of drug-likeness (QED) is 0.381. The summed E-state index contributed by atoms with van der Waals surface area (Å²) in [7, 11) is 0. The highest BCUT2D eigenvalue weighted by Crippen LogP contribution is 2.42. The number of rotatable bonds is 11. The van der Waals surface area contributed by atoms with E-state index in [0.29, 0.717) is 23.6 Å². The van der Waals surface area contributed by atoms with Gasteiger partial charge in [0, 0.05) is 43.5 Å². The van der Waals surface area contributed by atoms with Crippen molar-refractivity contribution in [3.8, 4) is 0 Å². The number of carbonyl (C=O) groups is 2. The van der Waals surface area contributed by atoms with Crippen molar-refractivity contribution >= 4 is 24.5 Å². The summed E-state index contributed by atoms with van der Waals surface area (Å²) in [5.74, 6) is -0.419. The molecule has 0 bridgehead atoms. The molecule has 2 fully saturated rings. The van der Waals surface area contributed by atoms with Crippen molar-refractivity contribution < 1.29 is 18.7 Å². The number of halogens is 1. The lowest BCUT2D eigenvalue weighted by molar-refractivity contribution is -0.118. The molecule has 0 radical (unpaired) electrons. The molecule has 1 aromatic heterocycles. The van der Waals surface area contributed by atoms with Crippen molar-refractivity contribution in [1.82, 2.24) is 25.1 Å². The van der Waals surface area contributed by atoms with E-state index in [0.717, 1.165) is 64.3 Å². The van der Waals surface area contributed by atoms with E-state index < -0.39 is 11.7 Å². The summed E-state index contributed by atoms with van der Waals surface area (Å²) >= 11 is 0. The minimum Gasteiger partial charge on any atom is -0.379 e. The molecule has 2 N–H and O–H groups in total. The molecular formula is C26H32FN5O3. The summed E-state index contributed by atoms with van der Waals surface area (Å²) in [6.45, 7) is 7.31. The van der Waals surface area contributed by atoms with Gasteiger partial charge in [-0.1, -0.05) is 12.1 Å². The molecule has 2 aliphatic rings. The minimum atomic E-state index is -0.493. The first kappa shape index (κ1) is 24.8. The number of aromatic nitrogens is 2. The molecule has 186 valence electrons. The Hall–Kier alpha value is -3.30. The SMILES string of the molecule is C/C(=C/c1ncn(CCCN2CCOCC2)c1C1CC1)NC(=O)/C(=C/c1cccc(F)c1)NC=O. The third kappa shape index (κ3) is 7.10. The Balaban J connectivity index is 1.42. The van der Waals surface area contributed by atoms with Gasteiger partial charge >= 0.3 is 0 Å². The number of nitrogens with zero attached hydrogens (tertiary/aromatic N) is 3. The van der Waals surface area contributed by atoms with E-state index in [1.165, 1.54) is 23.9 Å². The summed E-state index contributed by atoms with van der Waals surface area (Å²) in [6, 6.07) is 5.80. The molecule has 0 spiro atoms. The molecule has 1 saturated carbocycles. The van der Waals surface area contributed by atoms with E-state index in [2.05, 4.69) is 25.1 Å². The predicted molar refractivity (Wildman–Crippen MR) is 131 cm³/mol. The Morgan fingerprint density at radius 1 is 1.23 bits per heavy atom. The van der Waals surface area contributed by atoms with Gasteiger partial charge in [-0.2, -0.15) is 0 Å². The Kier molecular flexibility index (Phi) is 8.44. The van der Waals surface area contributed by atoms with Crippen molar-refractivity contribution in [2.75, 3.05) is 32.8 Å². The second-order valence-corrected chi connectivity index (χ2v) is 8.95. The normalized spacial score (nSPS) is 17.3. The summed E-state index contributed by atoms with van der Waals surface area (Å²) in [4.78, 5) is 30.9. The molecule has 1 aromatic carbocycles. The zero-order valence-electron chi connectivity index (χ0n) is 20.0. The van der Waals surface area contributed by atoms with Gasteiger partial charge in [-0.3, -0.25) is 14.5 Å². The van der Waals surface area contributed by atoms with Crippen molar-refractivity contribution in [3.05, 3.63) is 64.8 Å². The van der Waals surface area contributed by atoms with Gasteiger partial charge in [-0.15, -0.1) is 0 Å². The maximum atomic E-state index is 13.5. The van der Waals surface area contributed by atoms with Gasteiger partial charge in [0.1, 0.15) is 11.5 Å². The zero-order valence-corrected chi connectivity index (χ0v) is 20.0. The van der Waals surface area contributed by atoms with Crippen molar-refractivity contribution in [2.24, 2.45) is 0 Å². The number of allylic oxidation sites excluding steroid dienone is 1. The first-order valence-electron chi connectivity index (χ1n) is 12.1. The Morgan fingerprint density at radius 3 is 2.74 bits per heavy atom. The van der Waals surface area contributed by atoms with Crippen LogP contribution in [0.4, 0.5) is 4.39 Å². The lowest BCUT2D eigenvalue weighted by Crippen LogP contribution is -2.37. The van der Waals surface area contributed by atoms with E-state index in [9.17, 15) is 14.0 Å². The molecule has 9 heteroatoms. The molecule has 1 aliphatic heterocycles. The first-order chi connectivity index (χ1) is 17.0. The summed E-state index contributed by atoms with van der Waals surface area (Å²) in [5, 5.41) is 5.20. The second-order valence-electron chi connectivity index (χ2n) is 8.95. The number of hydrogen-bond acceptors (Lipinski definition) is 5. The monoisotopic (exact) mass is 481 g/mol. The number of carbonyl (C=O) groups excluding carboxylic acids is 2. The van der Waals surface area contributed by atoms with E-state index >= 15 is 0 Å². The smallest absolute Gasteiger partial charge is 0.271 e. The zero-order chi connectivity index (χ0) is 24.6. The van der Waals surface area contributed by atoms with Gasteiger partial charge in [-0.05, 0) is 56.0 Å². The number of morpholine rings is 1. The van der Waals surface area contributed by atoms with Crippen LogP contribution in [0.2, 0.25) is 0 Å². The van der Waals surface area contributed by atoms with Gasteiger partial charge in [0.25, 0.3) is 5.91 Å². The molecule has 2 amide bonds. The number of aryl methyl sites for hydroxylation is 1. The topological polar surface area (TPSA) is 88.5 Å². The molecule has 1 aliphatic carbocycles. The highest BCUT2D eigenvalue weighted by atomic mass is 19.1. The Bertz CT molecular complexity index is 1100. The summed E-state index contributed by atoms with van der Waals surface area (Å²) in [5.41, 5.74) is 3.17. The Morgan fingerprint density at radius 2 is 2.03 bits per heavy atom. The van der Waals surface area contributed by atoms with Crippen LogP contribution >= 0.6 is 0 Å². The molecule has 8 nitrogen and oxygen atoms in total. The van der Waals surface area contributed by atoms with Gasteiger partial charge in [0.2, 0.25) is 6.41 Å². The first-order valence-corrected chi connectivity index (χ1v) is 12.1. The van der Waals surface area contributed by atoms with E-state index in [-0.39, 0.29) is 5.70 Å². The van der Waals surface area contributed by atoms with E-state index in [4.69, 9.17) is 4.74 Å². The fourth-order valence-corrected chi connectivity index (χ4v) is 4.27. The van der Waals surface area contributed by atoms with E-state index in [1.54, 1.807) is 19.1 Å². The number of benzene rings is 1. The second kappa shape index (κ2) is 11.9. The molecule has 4 rings (SSSR count). The van der Waals surface area contributed by atoms with Gasteiger partial charge in [-0.25, -0.2) is 9.37 Å². The van der Waals surface area contributed by atoms with Crippen LogP contribution in [-0.2, 0) is 20.9 Å². The number of nitrogens with one attached hydrogen (secondary N) is 2. The fraction of sp³-hybridized carbons (Fsp3) is 0.423. The van der Waals surface area contributed by atoms with Gasteiger partial charge in [0.15, 0.2) is 0 Å². The van der Waals surface area contributed by atoms with Crippen LogP contribution in [-0.4, -0.2) is 59.6 Å². The third-order valence-electron chi connectivity index (χ3n) is 6.13. The van der Waals surface area contributed by atoms with Crippen LogP contribution in [0.3, 0.4) is 0 Å². The molecule has 2 heterocycles. The summed E-state index contributed by atoms with van der Waals surface area (Å²) in [6.07, 6.45) is 8.94. The maximum absolute atomic E-state index is 13.5. The Labute approximate surface area is 204 Å². The van der Waals surface area contributed by atoms with Crippen LogP contribution in [0, 0.1) is 5.82 Å². The van der Waals surface area contributed by atoms with E-state index in [1.807, 2.05) is 12.4 Å². The number of ether oxygens (including phenoxy) is 1. The van der Waals surface area contributed by atoms with Gasteiger partial charge in [0.05, 0.1) is 25.2 Å². The number of hydrogen-bond donors (Lipinski definition) is 2. The molecular weight excluding hydrogens is 449 g/mol. The lowest BCUT2D eigenvalue weighted by atomic mass is 10.1. The standard InChI is InChI=1S/C26H32FN5O3/c1-19(30-26(34)24(29-18-33)16-20-4-2-5-22(27)15-20)14-23-25(21-6-7-21)32(17-28-23)9-3-8-31-10-12-35-13-11-31/h2,4-5,14-18,21H,3,6-13H2,1H3,(H,29,33)(H,30,34)/b19-14-,24-16-. The average Bonchev–Trinajstić information content (AvgIpc) is 3.60. The maximum Gasteiger partial charge on any atom is 0.271 e. The van der Waals surface area contributed by atoms with Gasteiger partial charge < -0.3 is 19.9 Å². The highest BCUT2D eigenvalue weighted by Gasteiger charge is 2.29. The number of amides is 2. The molecule has 2 aromatic rings.